The van der Waals surface area contributed by atoms with Gasteiger partial charge in [0.1, 0.15) is 0 Å². The van der Waals surface area contributed by atoms with Gasteiger partial charge in [0.15, 0.2) is 0 Å². The Hall–Kier alpha value is -2.14. The van der Waals surface area contributed by atoms with Crippen LogP contribution in [0.5, 0.6) is 0 Å². The Labute approximate surface area is 154 Å². The number of aliphatic carboxylic acids is 1. The molecule has 2 fully saturated rings. The van der Waals surface area contributed by atoms with E-state index in [0.29, 0.717) is 13.1 Å². The van der Waals surface area contributed by atoms with Crippen LogP contribution in [0, 0.1) is 23.7 Å². The molecule has 1 N–H and O–H groups in total. The van der Waals surface area contributed by atoms with Crippen LogP contribution in [0.25, 0.3) is 0 Å². The quantitative estimate of drug-likeness (QED) is 0.821. The highest BCUT2D eigenvalue weighted by Crippen LogP contribution is 2.48. The van der Waals surface area contributed by atoms with Gasteiger partial charge in [-0.25, -0.2) is 0 Å². The molecular formula is C21H26N2O3. The molecular weight excluding hydrogens is 328 g/mol. The lowest BCUT2D eigenvalue weighted by Crippen LogP contribution is -2.52. The van der Waals surface area contributed by atoms with Crippen molar-refractivity contribution in [2.75, 3.05) is 32.7 Å². The molecule has 1 amide bonds. The fourth-order valence-electron chi connectivity index (χ4n) is 4.83. The van der Waals surface area contributed by atoms with Gasteiger partial charge in [-0.15, -0.1) is 0 Å². The predicted molar refractivity (Wildman–Crippen MR) is 98.5 cm³/mol. The number of carbonyl (C=O) groups excluding carboxylic acids is 1. The van der Waals surface area contributed by atoms with Crippen LogP contribution in [-0.4, -0.2) is 59.5 Å². The third-order valence-electron chi connectivity index (χ3n) is 6.27. The van der Waals surface area contributed by atoms with Gasteiger partial charge in [-0.3, -0.25) is 14.5 Å². The molecule has 0 aromatic heterocycles. The maximum Gasteiger partial charge on any atom is 0.307 e. The summed E-state index contributed by atoms with van der Waals surface area (Å²) in [6.45, 7) is 4.15. The summed E-state index contributed by atoms with van der Waals surface area (Å²) in [7, 11) is 0. The molecule has 1 aliphatic heterocycles. The van der Waals surface area contributed by atoms with E-state index in [1.165, 1.54) is 5.56 Å². The zero-order valence-corrected chi connectivity index (χ0v) is 15.0. The fraction of sp³-hybridized carbons (Fsp3) is 0.524. The highest BCUT2D eigenvalue weighted by atomic mass is 16.4. The molecule has 2 bridgehead atoms. The Balaban J connectivity index is 1.31. The minimum atomic E-state index is -0.818. The first-order chi connectivity index (χ1) is 12.6. The fourth-order valence-corrected chi connectivity index (χ4v) is 4.83. The van der Waals surface area contributed by atoms with Crippen molar-refractivity contribution in [1.29, 1.82) is 0 Å². The molecule has 4 atom stereocenters. The molecule has 4 rings (SSSR count). The number of fused-ring (bicyclic) bond motifs is 2. The second kappa shape index (κ2) is 7.23. The maximum absolute atomic E-state index is 13.0. The largest absolute Gasteiger partial charge is 0.481 e. The topological polar surface area (TPSA) is 60.9 Å². The van der Waals surface area contributed by atoms with E-state index in [9.17, 15) is 14.7 Å². The van der Waals surface area contributed by atoms with Gasteiger partial charge in [0.05, 0.1) is 11.8 Å². The summed E-state index contributed by atoms with van der Waals surface area (Å²) < 4.78 is 0. The van der Waals surface area contributed by atoms with E-state index in [1.54, 1.807) is 0 Å². The highest BCUT2D eigenvalue weighted by molar-refractivity contribution is 5.87. The molecule has 0 radical (unpaired) electrons. The minimum Gasteiger partial charge on any atom is -0.481 e. The summed E-state index contributed by atoms with van der Waals surface area (Å²) in [6.07, 6.45) is 5.90. The lowest BCUT2D eigenvalue weighted by Gasteiger charge is -2.37. The third kappa shape index (κ3) is 3.28. The van der Waals surface area contributed by atoms with Gasteiger partial charge in [-0.2, -0.15) is 0 Å². The van der Waals surface area contributed by atoms with Crippen LogP contribution >= 0.6 is 0 Å². The number of benzene rings is 1. The molecule has 0 unspecified atom stereocenters. The monoisotopic (exact) mass is 354 g/mol. The highest BCUT2D eigenvalue weighted by Gasteiger charge is 2.52. The Morgan fingerprint density at radius 2 is 1.62 bits per heavy atom. The van der Waals surface area contributed by atoms with Crippen LogP contribution in [0.3, 0.4) is 0 Å². The van der Waals surface area contributed by atoms with E-state index in [0.717, 1.165) is 32.5 Å². The van der Waals surface area contributed by atoms with Gasteiger partial charge < -0.3 is 10.0 Å². The normalized spacial score (nSPS) is 30.7. The standard InChI is InChI=1S/C21H26N2O3/c24-20(18-16-6-7-17(14-16)19(18)21(25)26)23-12-10-22(11-13-23)9-8-15-4-2-1-3-5-15/h1-7,16-19H,8-14H2,(H,25,26)/t16-,17-,18+,19-/m0/s1. The minimum absolute atomic E-state index is 0.0404. The first-order valence-corrected chi connectivity index (χ1v) is 9.59. The molecule has 1 aromatic carbocycles. The third-order valence-corrected chi connectivity index (χ3v) is 6.27. The van der Waals surface area contributed by atoms with Crippen LogP contribution in [0.1, 0.15) is 12.0 Å². The number of hydrogen-bond donors (Lipinski definition) is 1. The molecule has 26 heavy (non-hydrogen) atoms. The number of piperazine rings is 1. The van der Waals surface area contributed by atoms with E-state index in [4.69, 9.17) is 0 Å². The SMILES string of the molecule is O=C(O)[C@@H]1[C@H](C(=O)N2CCN(CCc3ccccc3)CC2)[C@H]2C=C[C@H]1C2. The molecule has 2 aliphatic carbocycles. The van der Waals surface area contributed by atoms with E-state index in [-0.39, 0.29) is 23.7 Å². The van der Waals surface area contributed by atoms with Gasteiger partial charge in [0.2, 0.25) is 5.91 Å². The van der Waals surface area contributed by atoms with Crippen LogP contribution in [-0.2, 0) is 16.0 Å². The molecule has 0 spiro atoms. The maximum atomic E-state index is 13.0. The number of amides is 1. The number of carboxylic acids is 1. The summed E-state index contributed by atoms with van der Waals surface area (Å²) in [4.78, 5) is 28.9. The molecule has 1 saturated carbocycles. The van der Waals surface area contributed by atoms with Crippen molar-refractivity contribution in [3.8, 4) is 0 Å². The van der Waals surface area contributed by atoms with E-state index >= 15 is 0 Å². The van der Waals surface area contributed by atoms with Crippen LogP contribution in [0.4, 0.5) is 0 Å². The van der Waals surface area contributed by atoms with E-state index in [2.05, 4.69) is 35.2 Å². The van der Waals surface area contributed by atoms with Crippen molar-refractivity contribution in [3.05, 3.63) is 48.0 Å². The predicted octanol–water partition coefficient (Wildman–Crippen LogP) is 1.90. The van der Waals surface area contributed by atoms with Gasteiger partial charge in [-0.05, 0) is 30.2 Å². The van der Waals surface area contributed by atoms with Crippen LogP contribution < -0.4 is 0 Å². The summed E-state index contributed by atoms with van der Waals surface area (Å²) >= 11 is 0. The Bertz CT molecular complexity index is 694. The average molecular weight is 354 g/mol. The molecule has 1 heterocycles. The van der Waals surface area contributed by atoms with E-state index < -0.39 is 11.9 Å². The average Bonchev–Trinajstić information content (AvgIpc) is 3.28. The summed E-state index contributed by atoms with van der Waals surface area (Å²) in [6, 6.07) is 10.5. The molecule has 1 saturated heterocycles. The second-order valence-corrected chi connectivity index (χ2v) is 7.74. The van der Waals surface area contributed by atoms with Crippen molar-refractivity contribution in [2.24, 2.45) is 23.7 Å². The summed E-state index contributed by atoms with van der Waals surface area (Å²) in [5.74, 6) is -1.51. The smallest absolute Gasteiger partial charge is 0.307 e. The van der Waals surface area contributed by atoms with Gasteiger partial charge in [0, 0.05) is 32.7 Å². The van der Waals surface area contributed by atoms with Crippen LogP contribution in [0.15, 0.2) is 42.5 Å². The van der Waals surface area contributed by atoms with Crippen molar-refractivity contribution in [2.45, 2.75) is 12.8 Å². The number of carbonyl (C=O) groups is 2. The Morgan fingerprint density at radius 1 is 0.962 bits per heavy atom. The van der Waals surface area contributed by atoms with E-state index in [1.807, 2.05) is 17.0 Å². The molecule has 3 aliphatic rings. The lowest BCUT2D eigenvalue weighted by atomic mass is 9.82. The molecule has 138 valence electrons. The Morgan fingerprint density at radius 3 is 2.27 bits per heavy atom. The number of allylic oxidation sites excluding steroid dienone is 2. The van der Waals surface area contributed by atoms with Crippen LogP contribution in [0.2, 0.25) is 0 Å². The summed E-state index contributed by atoms with van der Waals surface area (Å²) in [5.41, 5.74) is 1.34. The molecule has 1 aromatic rings. The number of hydrogen-bond acceptors (Lipinski definition) is 3. The number of nitrogens with zero attached hydrogens (tertiary/aromatic N) is 2. The van der Waals surface area contributed by atoms with Crippen molar-refractivity contribution < 1.29 is 14.7 Å². The van der Waals surface area contributed by atoms with Crippen molar-refractivity contribution >= 4 is 11.9 Å². The number of rotatable bonds is 5. The summed E-state index contributed by atoms with van der Waals surface area (Å²) in [5, 5.41) is 9.56. The molecule has 5 nitrogen and oxygen atoms in total. The number of carboxylic acid groups (broad SMARTS) is 1. The molecule has 5 heteroatoms. The zero-order chi connectivity index (χ0) is 18.1. The second-order valence-electron chi connectivity index (χ2n) is 7.74. The van der Waals surface area contributed by atoms with Gasteiger partial charge in [0.25, 0.3) is 0 Å². The van der Waals surface area contributed by atoms with Crippen molar-refractivity contribution in [3.63, 3.8) is 0 Å². The first-order valence-electron chi connectivity index (χ1n) is 9.59. The van der Waals surface area contributed by atoms with Gasteiger partial charge in [-0.1, -0.05) is 42.5 Å². The Kier molecular flexibility index (Phi) is 4.81. The zero-order valence-electron chi connectivity index (χ0n) is 15.0. The lowest BCUT2D eigenvalue weighted by molar-refractivity contribution is -0.151. The first kappa shape index (κ1) is 17.3. The van der Waals surface area contributed by atoms with Gasteiger partial charge >= 0.3 is 5.97 Å². The van der Waals surface area contributed by atoms with Crippen molar-refractivity contribution in [1.82, 2.24) is 9.80 Å².